The minimum Gasteiger partial charge on any atom is -0.388 e. The minimum absolute atomic E-state index is 0.185. The van der Waals surface area contributed by atoms with Crippen molar-refractivity contribution in [3.63, 3.8) is 0 Å². The van der Waals surface area contributed by atoms with Crippen LogP contribution in [0.15, 0.2) is 60.9 Å². The first-order chi connectivity index (χ1) is 17.9. The summed E-state index contributed by atoms with van der Waals surface area (Å²) in [6.45, 7) is 2.17. The fourth-order valence-corrected chi connectivity index (χ4v) is 5.39. The lowest BCUT2D eigenvalue weighted by Gasteiger charge is -2.37. The van der Waals surface area contributed by atoms with Crippen LogP contribution in [0.1, 0.15) is 41.7 Å². The summed E-state index contributed by atoms with van der Waals surface area (Å²) in [6.07, 6.45) is 6.03. The Hall–Kier alpha value is -4.11. The predicted molar refractivity (Wildman–Crippen MR) is 138 cm³/mol. The molecule has 0 radical (unpaired) electrons. The molecule has 3 heterocycles. The largest absolute Gasteiger partial charge is 0.388 e. The van der Waals surface area contributed by atoms with Gasteiger partial charge in [-0.1, -0.05) is 12.1 Å². The number of aryl methyl sites for hydroxylation is 1. The molecule has 6 rings (SSSR count). The SMILES string of the molecule is Cc1cc(-c2n[nH]c3ccc(C(=O)N[C@H]4CCC[C@@](O)(Cn5cc6cccc(F)c6n5)C4)cc23)ccn1. The van der Waals surface area contributed by atoms with E-state index in [0.29, 0.717) is 29.3 Å². The number of nitrogens with zero attached hydrogens (tertiary/aromatic N) is 4. The highest BCUT2D eigenvalue weighted by molar-refractivity contribution is 6.01. The Morgan fingerprint density at radius 3 is 3.00 bits per heavy atom. The summed E-state index contributed by atoms with van der Waals surface area (Å²) >= 11 is 0. The van der Waals surface area contributed by atoms with Crippen molar-refractivity contribution in [1.82, 2.24) is 30.3 Å². The molecule has 0 unspecified atom stereocenters. The zero-order chi connectivity index (χ0) is 25.6. The van der Waals surface area contributed by atoms with Crippen LogP contribution in [0, 0.1) is 12.7 Å². The molecule has 5 aromatic rings. The molecule has 3 N–H and O–H groups in total. The Bertz CT molecular complexity index is 1630. The molecule has 9 heteroatoms. The Labute approximate surface area is 212 Å². The number of amides is 1. The van der Waals surface area contributed by atoms with Gasteiger partial charge in [0.2, 0.25) is 0 Å². The number of nitrogens with one attached hydrogen (secondary N) is 2. The maximum Gasteiger partial charge on any atom is 0.251 e. The van der Waals surface area contributed by atoms with Crippen molar-refractivity contribution in [3.8, 4) is 11.3 Å². The van der Waals surface area contributed by atoms with Crippen LogP contribution < -0.4 is 5.32 Å². The smallest absolute Gasteiger partial charge is 0.251 e. The van der Waals surface area contributed by atoms with Crippen molar-refractivity contribution in [2.24, 2.45) is 0 Å². The third kappa shape index (κ3) is 4.58. The number of hydrogen-bond acceptors (Lipinski definition) is 5. The molecule has 1 amide bonds. The second-order valence-corrected chi connectivity index (χ2v) is 10.0. The van der Waals surface area contributed by atoms with Crippen LogP contribution in [-0.4, -0.2) is 47.6 Å². The highest BCUT2D eigenvalue weighted by atomic mass is 19.1. The van der Waals surface area contributed by atoms with Crippen LogP contribution in [0.25, 0.3) is 33.1 Å². The van der Waals surface area contributed by atoms with Crippen molar-refractivity contribution >= 4 is 27.7 Å². The Kier molecular flexibility index (Phi) is 5.72. The monoisotopic (exact) mass is 498 g/mol. The van der Waals surface area contributed by atoms with Gasteiger partial charge in [-0.3, -0.25) is 19.6 Å². The van der Waals surface area contributed by atoms with E-state index in [1.54, 1.807) is 35.3 Å². The average Bonchev–Trinajstić information content (AvgIpc) is 3.48. The van der Waals surface area contributed by atoms with E-state index >= 15 is 0 Å². The third-order valence-corrected chi connectivity index (χ3v) is 7.14. The molecule has 37 heavy (non-hydrogen) atoms. The summed E-state index contributed by atoms with van der Waals surface area (Å²) in [6, 6.07) is 14.0. The van der Waals surface area contributed by atoms with Crippen LogP contribution in [0.3, 0.4) is 0 Å². The van der Waals surface area contributed by atoms with Gasteiger partial charge in [0.1, 0.15) is 11.2 Å². The third-order valence-electron chi connectivity index (χ3n) is 7.14. The second-order valence-electron chi connectivity index (χ2n) is 10.0. The number of carbonyl (C=O) groups excluding carboxylic acids is 1. The van der Waals surface area contributed by atoms with Crippen molar-refractivity contribution in [1.29, 1.82) is 0 Å². The van der Waals surface area contributed by atoms with Crippen molar-refractivity contribution in [2.75, 3.05) is 0 Å². The lowest BCUT2D eigenvalue weighted by atomic mass is 9.81. The second kappa shape index (κ2) is 9.08. The summed E-state index contributed by atoms with van der Waals surface area (Å²) in [5, 5.41) is 27.8. The molecule has 1 saturated carbocycles. The summed E-state index contributed by atoms with van der Waals surface area (Å²) in [5.74, 6) is -0.574. The zero-order valence-corrected chi connectivity index (χ0v) is 20.4. The van der Waals surface area contributed by atoms with Gasteiger partial charge in [0.05, 0.1) is 17.7 Å². The van der Waals surface area contributed by atoms with E-state index in [2.05, 4.69) is 25.6 Å². The highest BCUT2D eigenvalue weighted by Crippen LogP contribution is 2.31. The van der Waals surface area contributed by atoms with Gasteiger partial charge in [0.25, 0.3) is 5.91 Å². The van der Waals surface area contributed by atoms with Crippen LogP contribution in [0.2, 0.25) is 0 Å². The van der Waals surface area contributed by atoms with Gasteiger partial charge in [-0.15, -0.1) is 0 Å². The summed E-state index contributed by atoms with van der Waals surface area (Å²) < 4.78 is 15.7. The van der Waals surface area contributed by atoms with Gasteiger partial charge < -0.3 is 10.4 Å². The first-order valence-electron chi connectivity index (χ1n) is 12.4. The van der Waals surface area contributed by atoms with Gasteiger partial charge in [0.15, 0.2) is 5.82 Å². The lowest BCUT2D eigenvalue weighted by molar-refractivity contribution is -0.0235. The molecule has 1 aliphatic rings. The zero-order valence-electron chi connectivity index (χ0n) is 20.4. The van der Waals surface area contributed by atoms with Crippen LogP contribution in [0.4, 0.5) is 4.39 Å². The maximum absolute atomic E-state index is 14.1. The normalized spacial score (nSPS) is 19.9. The van der Waals surface area contributed by atoms with E-state index < -0.39 is 5.60 Å². The van der Waals surface area contributed by atoms with E-state index in [0.717, 1.165) is 40.7 Å². The number of aromatic amines is 1. The number of rotatable bonds is 5. The van der Waals surface area contributed by atoms with Crippen LogP contribution in [0.5, 0.6) is 0 Å². The van der Waals surface area contributed by atoms with E-state index in [-0.39, 0.29) is 24.3 Å². The number of pyridine rings is 1. The van der Waals surface area contributed by atoms with Gasteiger partial charge >= 0.3 is 0 Å². The van der Waals surface area contributed by atoms with Gasteiger partial charge in [-0.05, 0) is 69.0 Å². The Balaban J connectivity index is 1.19. The molecule has 2 atom stereocenters. The van der Waals surface area contributed by atoms with Crippen molar-refractivity contribution in [3.05, 3.63) is 78.0 Å². The lowest BCUT2D eigenvalue weighted by Crippen LogP contribution is -2.47. The number of aromatic nitrogens is 5. The van der Waals surface area contributed by atoms with E-state index in [9.17, 15) is 14.3 Å². The van der Waals surface area contributed by atoms with E-state index in [1.165, 1.54) is 6.07 Å². The Morgan fingerprint density at radius 1 is 1.27 bits per heavy atom. The standard InChI is InChI=1S/C28H27FN6O2/c1-17-12-18(9-11-30-17)25-22-13-19(7-8-24(22)32-33-25)27(36)31-21-5-3-10-28(37,14-21)16-35-15-20-4-2-6-23(29)26(20)34-35/h2,4,6-9,11-13,15,21,37H,3,5,10,14,16H2,1H3,(H,31,36)(H,32,33)/t21-,28-/m0/s1. The summed E-state index contributed by atoms with van der Waals surface area (Å²) in [5.41, 5.74) is 3.21. The number of fused-ring (bicyclic) bond motifs is 2. The number of benzene rings is 2. The molecule has 0 bridgehead atoms. The van der Waals surface area contributed by atoms with Gasteiger partial charge in [0, 0.05) is 46.0 Å². The quantitative estimate of drug-likeness (QED) is 0.330. The molecule has 0 spiro atoms. The van der Waals surface area contributed by atoms with E-state index in [1.807, 2.05) is 31.2 Å². The van der Waals surface area contributed by atoms with Crippen molar-refractivity contribution < 1.29 is 14.3 Å². The van der Waals surface area contributed by atoms with Gasteiger partial charge in [-0.25, -0.2) is 4.39 Å². The topological polar surface area (TPSA) is 109 Å². The summed E-state index contributed by atoms with van der Waals surface area (Å²) in [7, 11) is 0. The first-order valence-corrected chi connectivity index (χ1v) is 12.4. The van der Waals surface area contributed by atoms with Gasteiger partial charge in [-0.2, -0.15) is 10.2 Å². The number of aliphatic hydroxyl groups is 1. The first kappa shape index (κ1) is 23.3. The molecule has 8 nitrogen and oxygen atoms in total. The number of hydrogen-bond donors (Lipinski definition) is 3. The molecule has 1 aliphatic carbocycles. The fraction of sp³-hybridized carbons (Fsp3) is 0.286. The Morgan fingerprint density at radius 2 is 2.16 bits per heavy atom. The molecular formula is C28H27FN6O2. The molecule has 1 fully saturated rings. The average molecular weight is 499 g/mol. The highest BCUT2D eigenvalue weighted by Gasteiger charge is 2.36. The molecule has 188 valence electrons. The molecule has 0 aliphatic heterocycles. The number of halogens is 1. The van der Waals surface area contributed by atoms with E-state index in [4.69, 9.17) is 0 Å². The summed E-state index contributed by atoms with van der Waals surface area (Å²) in [4.78, 5) is 17.5. The van der Waals surface area contributed by atoms with Crippen molar-refractivity contribution in [2.45, 2.75) is 50.8 Å². The molecular weight excluding hydrogens is 471 g/mol. The molecule has 0 saturated heterocycles. The van der Waals surface area contributed by atoms with Crippen LogP contribution in [-0.2, 0) is 6.54 Å². The fourth-order valence-electron chi connectivity index (χ4n) is 5.39. The van der Waals surface area contributed by atoms with Crippen LogP contribution >= 0.6 is 0 Å². The minimum atomic E-state index is -1.05. The predicted octanol–water partition coefficient (Wildman–Crippen LogP) is 4.53. The maximum atomic E-state index is 14.1. The number of carbonyl (C=O) groups is 1. The molecule has 3 aromatic heterocycles. The number of H-pyrrole nitrogens is 1. The molecule has 2 aromatic carbocycles.